The Labute approximate surface area is 192 Å². The molecule has 0 saturated carbocycles. The second-order valence-electron chi connectivity index (χ2n) is 8.96. The summed E-state index contributed by atoms with van der Waals surface area (Å²) in [5.74, 6) is 2.18. The molecule has 0 N–H and O–H groups in total. The Balaban J connectivity index is 1.44. The van der Waals surface area contributed by atoms with E-state index in [4.69, 9.17) is 0 Å². The molecule has 0 aliphatic rings. The molecular weight excluding hydrogens is 396 g/mol. The van der Waals surface area contributed by atoms with Crippen molar-refractivity contribution in [2.24, 2.45) is 0 Å². The molecular formula is C29H39OS+. The quantitative estimate of drug-likeness (QED) is 0.108. The van der Waals surface area contributed by atoms with E-state index in [0.29, 0.717) is 11.5 Å². The van der Waals surface area contributed by atoms with E-state index in [2.05, 4.69) is 55.6 Å². The Morgan fingerprint density at radius 1 is 0.710 bits per heavy atom. The van der Waals surface area contributed by atoms with E-state index >= 15 is 0 Å². The molecule has 31 heavy (non-hydrogen) atoms. The molecule has 1 nitrogen and oxygen atoms in total. The van der Waals surface area contributed by atoms with E-state index in [-0.39, 0.29) is 10.9 Å². The number of carbonyl (C=O) groups is 1. The molecule has 0 heterocycles. The van der Waals surface area contributed by atoms with Crippen LogP contribution in [-0.4, -0.2) is 23.5 Å². The zero-order chi connectivity index (χ0) is 21.9. The number of unbranched alkanes of at least 4 members (excludes halogenated alkanes) is 9. The predicted molar refractivity (Wildman–Crippen MR) is 141 cm³/mol. The minimum atomic E-state index is 0.167. The molecule has 0 spiro atoms. The van der Waals surface area contributed by atoms with Crippen LogP contribution in [0.15, 0.2) is 54.6 Å². The SMILES string of the molecule is CCCCCCCCCCCC[S+](C)CC(=O)c1cccc2cc3ccccc3cc12. The lowest BCUT2D eigenvalue weighted by molar-refractivity contribution is 0.102. The van der Waals surface area contributed by atoms with Gasteiger partial charge >= 0.3 is 0 Å². The summed E-state index contributed by atoms with van der Waals surface area (Å²) in [5, 5.41) is 4.70. The van der Waals surface area contributed by atoms with Gasteiger partial charge in [-0.2, -0.15) is 0 Å². The van der Waals surface area contributed by atoms with Gasteiger partial charge in [-0.25, -0.2) is 0 Å². The van der Waals surface area contributed by atoms with Crippen molar-refractivity contribution in [1.82, 2.24) is 0 Å². The molecule has 0 amide bonds. The smallest absolute Gasteiger partial charge is 0.212 e. The molecule has 3 aromatic rings. The lowest BCUT2D eigenvalue weighted by Gasteiger charge is -2.08. The van der Waals surface area contributed by atoms with Gasteiger partial charge in [0.1, 0.15) is 5.75 Å². The third-order valence-electron chi connectivity index (χ3n) is 6.27. The maximum Gasteiger partial charge on any atom is 0.212 e. The van der Waals surface area contributed by atoms with Gasteiger partial charge in [-0.1, -0.05) is 101 Å². The summed E-state index contributed by atoms with van der Waals surface area (Å²) in [7, 11) is 0.167. The van der Waals surface area contributed by atoms with Crippen LogP contribution in [0, 0.1) is 0 Å². The first-order valence-electron chi connectivity index (χ1n) is 12.2. The highest BCUT2D eigenvalue weighted by molar-refractivity contribution is 7.96. The van der Waals surface area contributed by atoms with Crippen LogP contribution in [-0.2, 0) is 10.9 Å². The first kappa shape index (κ1) is 23.9. The first-order chi connectivity index (χ1) is 15.2. The fraction of sp³-hybridized carbons (Fsp3) is 0.483. The summed E-state index contributed by atoms with van der Waals surface area (Å²) in [6.45, 7) is 2.28. The van der Waals surface area contributed by atoms with E-state index in [1.807, 2.05) is 12.1 Å². The number of hydrogen-bond acceptors (Lipinski definition) is 1. The van der Waals surface area contributed by atoms with Crippen molar-refractivity contribution < 1.29 is 4.79 Å². The van der Waals surface area contributed by atoms with Crippen molar-refractivity contribution in [3.05, 3.63) is 60.2 Å². The fourth-order valence-electron chi connectivity index (χ4n) is 4.42. The van der Waals surface area contributed by atoms with E-state index in [9.17, 15) is 4.79 Å². The van der Waals surface area contributed by atoms with Crippen LogP contribution in [0.1, 0.15) is 81.5 Å². The Morgan fingerprint density at radius 2 is 1.29 bits per heavy atom. The summed E-state index contributed by atoms with van der Waals surface area (Å²) in [6.07, 6.45) is 16.0. The Hall–Kier alpha value is -1.80. The highest BCUT2D eigenvalue weighted by Crippen LogP contribution is 2.26. The van der Waals surface area contributed by atoms with Crippen molar-refractivity contribution in [3.8, 4) is 0 Å². The minimum absolute atomic E-state index is 0.167. The Kier molecular flexibility index (Phi) is 9.93. The van der Waals surface area contributed by atoms with Crippen molar-refractivity contribution in [3.63, 3.8) is 0 Å². The molecule has 2 heteroatoms. The van der Waals surface area contributed by atoms with Crippen molar-refractivity contribution in [2.75, 3.05) is 17.8 Å². The maximum absolute atomic E-state index is 13.1. The zero-order valence-electron chi connectivity index (χ0n) is 19.5. The highest BCUT2D eigenvalue weighted by atomic mass is 32.2. The average Bonchev–Trinajstić information content (AvgIpc) is 2.78. The molecule has 1 unspecified atom stereocenters. The van der Waals surface area contributed by atoms with Crippen LogP contribution in [0.3, 0.4) is 0 Å². The topological polar surface area (TPSA) is 17.1 Å². The molecule has 3 rings (SSSR count). The van der Waals surface area contributed by atoms with Crippen LogP contribution < -0.4 is 0 Å². The summed E-state index contributed by atoms with van der Waals surface area (Å²) in [4.78, 5) is 13.1. The van der Waals surface area contributed by atoms with Crippen LogP contribution in [0.2, 0.25) is 0 Å². The van der Waals surface area contributed by atoms with Crippen molar-refractivity contribution >= 4 is 38.2 Å². The molecule has 1 atom stereocenters. The monoisotopic (exact) mass is 435 g/mol. The number of carbonyl (C=O) groups excluding carboxylic acids is 1. The average molecular weight is 436 g/mol. The van der Waals surface area contributed by atoms with Crippen LogP contribution in [0.4, 0.5) is 0 Å². The fourth-order valence-corrected chi connectivity index (χ4v) is 5.86. The van der Waals surface area contributed by atoms with Crippen molar-refractivity contribution in [1.29, 1.82) is 0 Å². The van der Waals surface area contributed by atoms with E-state index < -0.39 is 0 Å². The second-order valence-corrected chi connectivity index (χ2v) is 11.2. The zero-order valence-corrected chi connectivity index (χ0v) is 20.3. The molecule has 3 aromatic carbocycles. The molecule has 0 aliphatic heterocycles. The van der Waals surface area contributed by atoms with Crippen LogP contribution >= 0.6 is 0 Å². The van der Waals surface area contributed by atoms with Gasteiger partial charge in [0.25, 0.3) is 0 Å². The van der Waals surface area contributed by atoms with Gasteiger partial charge in [-0.15, -0.1) is 0 Å². The van der Waals surface area contributed by atoms with Gasteiger partial charge in [-0.3, -0.25) is 4.79 Å². The second kappa shape index (κ2) is 12.9. The summed E-state index contributed by atoms with van der Waals surface area (Å²) in [5.41, 5.74) is 0.894. The number of benzene rings is 3. The summed E-state index contributed by atoms with van der Waals surface area (Å²) < 4.78 is 0. The van der Waals surface area contributed by atoms with Gasteiger partial charge in [-0.05, 0) is 57.4 Å². The third kappa shape index (κ3) is 7.38. The van der Waals surface area contributed by atoms with E-state index in [0.717, 1.165) is 16.3 Å². The minimum Gasteiger partial charge on any atom is -0.289 e. The molecule has 0 fully saturated rings. The van der Waals surface area contributed by atoms with E-state index in [1.54, 1.807) is 0 Å². The van der Waals surface area contributed by atoms with Crippen LogP contribution in [0.25, 0.3) is 21.5 Å². The van der Waals surface area contributed by atoms with Gasteiger partial charge in [0.05, 0.1) is 6.26 Å². The Bertz CT molecular complexity index is 961. The maximum atomic E-state index is 13.1. The lowest BCUT2D eigenvalue weighted by Crippen LogP contribution is -2.18. The number of ketones is 1. The van der Waals surface area contributed by atoms with Gasteiger partial charge < -0.3 is 0 Å². The molecule has 166 valence electrons. The van der Waals surface area contributed by atoms with E-state index in [1.165, 1.54) is 80.7 Å². The number of fused-ring (bicyclic) bond motifs is 2. The molecule has 0 bridgehead atoms. The molecule has 0 aliphatic carbocycles. The molecule has 0 saturated heterocycles. The predicted octanol–water partition coefficient (Wildman–Crippen LogP) is 8.34. The van der Waals surface area contributed by atoms with Gasteiger partial charge in [0, 0.05) is 5.56 Å². The largest absolute Gasteiger partial charge is 0.289 e. The summed E-state index contributed by atoms with van der Waals surface area (Å²) in [6, 6.07) is 19.0. The molecule has 0 aromatic heterocycles. The number of hydrogen-bond donors (Lipinski definition) is 0. The third-order valence-corrected chi connectivity index (χ3v) is 8.01. The standard InChI is InChI=1S/C29H39OS/c1-3-4-5-6-7-8-9-10-11-14-20-31(2)23-29(30)27-19-15-18-26-21-24-16-12-13-17-25(24)22-28(26)27/h12-13,15-19,21-22H,3-11,14,20,23H2,1-2H3/q+1. The normalized spacial score (nSPS) is 12.5. The molecule has 0 radical (unpaired) electrons. The lowest BCUT2D eigenvalue weighted by atomic mass is 9.98. The van der Waals surface area contributed by atoms with Crippen LogP contribution in [0.5, 0.6) is 0 Å². The highest BCUT2D eigenvalue weighted by Gasteiger charge is 2.20. The van der Waals surface area contributed by atoms with Gasteiger partial charge in [0.2, 0.25) is 5.78 Å². The first-order valence-corrected chi connectivity index (χ1v) is 14.2. The van der Waals surface area contributed by atoms with Crippen molar-refractivity contribution in [2.45, 2.75) is 71.1 Å². The summed E-state index contributed by atoms with van der Waals surface area (Å²) >= 11 is 0. The number of Topliss-reactive ketones (excluding diaryl/α,β-unsaturated/α-hetero) is 1. The Morgan fingerprint density at radius 3 is 1.97 bits per heavy atom. The number of rotatable bonds is 14. The van der Waals surface area contributed by atoms with Gasteiger partial charge in [0.15, 0.2) is 5.75 Å².